The highest BCUT2D eigenvalue weighted by atomic mass is 16.6. The molecule has 0 N–H and O–H groups in total. The molecule has 1 fully saturated rings. The van der Waals surface area contributed by atoms with Crippen LogP contribution in [0.4, 0.5) is 4.79 Å². The van der Waals surface area contributed by atoms with Gasteiger partial charge in [0.15, 0.2) is 0 Å². The van der Waals surface area contributed by atoms with Crippen LogP contribution in [0.3, 0.4) is 0 Å². The maximum absolute atomic E-state index is 14.4. The molecule has 0 saturated carbocycles. The van der Waals surface area contributed by atoms with E-state index in [4.69, 9.17) is 14.2 Å². The zero-order valence-electron chi connectivity index (χ0n) is 27.5. The number of aromatic nitrogens is 3. The average Bonchev–Trinajstić information content (AvgIpc) is 3.71. The Balaban J connectivity index is 1.36. The lowest BCUT2D eigenvalue weighted by molar-refractivity contribution is -0.133. The monoisotopic (exact) mass is 632 g/mol. The molecule has 0 radical (unpaired) electrons. The van der Waals surface area contributed by atoms with Crippen molar-refractivity contribution in [2.45, 2.75) is 59.4 Å². The molecule has 2 heterocycles. The maximum Gasteiger partial charge on any atom is 0.417 e. The summed E-state index contributed by atoms with van der Waals surface area (Å²) in [6.45, 7) is 9.69. The molecule has 9 heteroatoms. The molecule has 6 rings (SSSR count). The Hall–Kier alpha value is -5.02. The Morgan fingerprint density at radius 3 is 2.49 bits per heavy atom. The van der Waals surface area contributed by atoms with Crippen LogP contribution in [-0.2, 0) is 34.0 Å². The average molecular weight is 633 g/mol. The fourth-order valence-electron chi connectivity index (χ4n) is 6.48. The second kappa shape index (κ2) is 13.8. The van der Waals surface area contributed by atoms with Crippen molar-refractivity contribution >= 4 is 23.0 Å². The number of benzene rings is 4. The van der Waals surface area contributed by atoms with Crippen molar-refractivity contribution in [1.29, 1.82) is 0 Å². The Bertz CT molecular complexity index is 1890. The number of nitrogens with zero attached hydrogens (tertiary/aromatic N) is 4. The quantitative estimate of drug-likeness (QED) is 0.151. The molecule has 1 saturated heterocycles. The first-order valence-electron chi connectivity index (χ1n) is 16.0. The van der Waals surface area contributed by atoms with Gasteiger partial charge in [-0.15, -0.1) is 5.10 Å². The Labute approximate surface area is 275 Å². The zero-order valence-corrected chi connectivity index (χ0v) is 27.5. The number of cyclic esters (lactones) is 1. The van der Waals surface area contributed by atoms with E-state index in [0.29, 0.717) is 19.8 Å². The van der Waals surface area contributed by atoms with Crippen molar-refractivity contribution < 1.29 is 23.8 Å². The molecule has 3 atom stereocenters. The van der Waals surface area contributed by atoms with Crippen molar-refractivity contribution in [2.24, 2.45) is 5.92 Å². The summed E-state index contributed by atoms with van der Waals surface area (Å²) >= 11 is 0. The second-order valence-electron chi connectivity index (χ2n) is 12.1. The Morgan fingerprint density at radius 1 is 1.00 bits per heavy atom. The largest absolute Gasteiger partial charge is 0.497 e. The zero-order chi connectivity index (χ0) is 33.1. The van der Waals surface area contributed by atoms with Crippen LogP contribution >= 0.6 is 0 Å². The van der Waals surface area contributed by atoms with E-state index < -0.39 is 18.1 Å². The predicted molar refractivity (Wildman–Crippen MR) is 179 cm³/mol. The third-order valence-electron chi connectivity index (χ3n) is 9.22. The van der Waals surface area contributed by atoms with Crippen LogP contribution in [-0.4, -0.2) is 45.6 Å². The van der Waals surface area contributed by atoms with Crippen LogP contribution in [0.15, 0.2) is 84.9 Å². The summed E-state index contributed by atoms with van der Waals surface area (Å²) in [6.07, 6.45) is -0.621. The number of rotatable bonds is 11. The first-order chi connectivity index (χ1) is 22.8. The third kappa shape index (κ3) is 6.36. The lowest BCUT2D eigenvalue weighted by Gasteiger charge is -2.30. The van der Waals surface area contributed by atoms with E-state index in [1.807, 2.05) is 86.1 Å². The SMILES string of the molecule is CCn1nnc2c(C)c(C(c3ccc(C)c(COCc4ccc(OC)cc4)c3)[C@@H](C)C(=O)N3C(=O)OC[C@H]3c3ccccc3)ccc21. The van der Waals surface area contributed by atoms with Gasteiger partial charge >= 0.3 is 6.09 Å². The second-order valence-corrected chi connectivity index (χ2v) is 12.1. The predicted octanol–water partition coefficient (Wildman–Crippen LogP) is 7.28. The van der Waals surface area contributed by atoms with Crippen LogP contribution in [0.2, 0.25) is 0 Å². The van der Waals surface area contributed by atoms with Crippen molar-refractivity contribution in [1.82, 2.24) is 19.9 Å². The van der Waals surface area contributed by atoms with Crippen LogP contribution in [0, 0.1) is 19.8 Å². The standard InChI is InChI=1S/C38H40N4O5/c1-6-41-33-19-18-32(25(3)36(33)39-40-41)35(26(4)37(43)42-34(23-47-38(42)44)28-10-8-7-9-11-28)29-15-12-24(2)30(20-29)22-46-21-27-13-16-31(45-5)17-14-27/h7-20,26,34-35H,6,21-23H2,1-5H3/t26-,34+,35?/m1/s1. The normalized spacial score (nSPS) is 15.9. The molecule has 242 valence electrons. The Kier molecular flexibility index (Phi) is 9.36. The molecule has 47 heavy (non-hydrogen) atoms. The summed E-state index contributed by atoms with van der Waals surface area (Å²) in [7, 11) is 1.65. The number of hydrogen-bond acceptors (Lipinski definition) is 7. The van der Waals surface area contributed by atoms with Crippen molar-refractivity contribution in [3.63, 3.8) is 0 Å². The summed E-state index contributed by atoms with van der Waals surface area (Å²) < 4.78 is 18.7. The van der Waals surface area contributed by atoms with Gasteiger partial charge in [0.2, 0.25) is 5.91 Å². The van der Waals surface area contributed by atoms with Gasteiger partial charge in [-0.2, -0.15) is 0 Å². The molecule has 1 unspecified atom stereocenters. The number of aryl methyl sites for hydroxylation is 3. The lowest BCUT2D eigenvalue weighted by Crippen LogP contribution is -2.40. The number of imide groups is 1. The minimum atomic E-state index is -0.621. The molecule has 4 aromatic carbocycles. The number of amides is 2. The van der Waals surface area contributed by atoms with Gasteiger partial charge in [-0.3, -0.25) is 4.79 Å². The minimum absolute atomic E-state index is 0.122. The maximum atomic E-state index is 14.4. The third-order valence-corrected chi connectivity index (χ3v) is 9.22. The van der Waals surface area contributed by atoms with Crippen LogP contribution < -0.4 is 4.74 Å². The molecule has 1 aliphatic rings. The highest BCUT2D eigenvalue weighted by molar-refractivity contribution is 5.95. The van der Waals surface area contributed by atoms with E-state index >= 15 is 0 Å². The van der Waals surface area contributed by atoms with Crippen molar-refractivity contribution in [3.8, 4) is 5.75 Å². The Morgan fingerprint density at radius 2 is 1.77 bits per heavy atom. The van der Waals surface area contributed by atoms with Gasteiger partial charge in [0, 0.05) is 18.4 Å². The van der Waals surface area contributed by atoms with Gasteiger partial charge in [-0.05, 0) is 77.9 Å². The lowest BCUT2D eigenvalue weighted by atomic mass is 9.78. The summed E-state index contributed by atoms with van der Waals surface area (Å²) in [5.74, 6) is -0.486. The van der Waals surface area contributed by atoms with Gasteiger partial charge < -0.3 is 14.2 Å². The number of carbonyl (C=O) groups excluding carboxylic acids is 2. The first-order valence-corrected chi connectivity index (χ1v) is 16.0. The van der Waals surface area contributed by atoms with E-state index in [-0.39, 0.29) is 18.4 Å². The summed E-state index contributed by atoms with van der Waals surface area (Å²) in [5.41, 5.74) is 8.62. The van der Waals surface area contributed by atoms with Gasteiger partial charge in [-0.25, -0.2) is 14.4 Å². The number of hydrogen-bond donors (Lipinski definition) is 0. The molecule has 1 aliphatic heterocycles. The topological polar surface area (TPSA) is 95.8 Å². The molecule has 0 aliphatic carbocycles. The van der Waals surface area contributed by atoms with Crippen molar-refractivity contribution in [3.05, 3.63) is 124 Å². The van der Waals surface area contributed by atoms with Gasteiger partial charge in [-0.1, -0.05) is 78.9 Å². The van der Waals surface area contributed by atoms with E-state index in [2.05, 4.69) is 41.5 Å². The number of carbonyl (C=O) groups is 2. The molecular weight excluding hydrogens is 592 g/mol. The summed E-state index contributed by atoms with van der Waals surface area (Å²) in [6, 6.07) is 27.2. The number of fused-ring (bicyclic) bond motifs is 1. The van der Waals surface area contributed by atoms with Crippen LogP contribution in [0.5, 0.6) is 5.75 Å². The highest BCUT2D eigenvalue weighted by Gasteiger charge is 2.43. The van der Waals surface area contributed by atoms with Crippen LogP contribution in [0.25, 0.3) is 11.0 Å². The minimum Gasteiger partial charge on any atom is -0.497 e. The molecular formula is C38H40N4O5. The summed E-state index contributed by atoms with van der Waals surface area (Å²) in [5, 5.41) is 8.84. The van der Waals surface area contributed by atoms with Crippen molar-refractivity contribution in [2.75, 3.05) is 13.7 Å². The smallest absolute Gasteiger partial charge is 0.417 e. The highest BCUT2D eigenvalue weighted by Crippen LogP contribution is 2.40. The number of ether oxygens (including phenoxy) is 3. The summed E-state index contributed by atoms with van der Waals surface area (Å²) in [4.78, 5) is 28.8. The fourth-order valence-corrected chi connectivity index (χ4v) is 6.48. The van der Waals surface area contributed by atoms with E-state index in [1.54, 1.807) is 7.11 Å². The number of methoxy groups -OCH3 is 1. The van der Waals surface area contributed by atoms with E-state index in [9.17, 15) is 9.59 Å². The molecule has 2 amide bonds. The fraction of sp³-hybridized carbons (Fsp3) is 0.316. The van der Waals surface area contributed by atoms with E-state index in [0.717, 1.165) is 55.7 Å². The van der Waals surface area contributed by atoms with Gasteiger partial charge in [0.1, 0.15) is 23.9 Å². The van der Waals surface area contributed by atoms with E-state index in [1.165, 1.54) is 4.90 Å². The van der Waals surface area contributed by atoms with Crippen LogP contribution in [0.1, 0.15) is 64.8 Å². The van der Waals surface area contributed by atoms with Gasteiger partial charge in [0.05, 0.1) is 25.8 Å². The first kappa shape index (κ1) is 31.9. The molecule has 1 aromatic heterocycles. The molecule has 5 aromatic rings. The van der Waals surface area contributed by atoms with Gasteiger partial charge in [0.25, 0.3) is 0 Å². The molecule has 0 spiro atoms. The molecule has 0 bridgehead atoms. The molecule has 9 nitrogen and oxygen atoms in total.